The first-order chi connectivity index (χ1) is 9.63. The Balaban J connectivity index is 1.73. The minimum atomic E-state index is 0.709. The van der Waals surface area contributed by atoms with Crippen molar-refractivity contribution in [3.05, 3.63) is 29.3 Å². The van der Waals surface area contributed by atoms with Gasteiger partial charge in [0.1, 0.15) is 0 Å². The van der Waals surface area contributed by atoms with Crippen molar-refractivity contribution >= 4 is 5.69 Å². The Morgan fingerprint density at radius 2 is 2.10 bits per heavy atom. The first kappa shape index (κ1) is 13.9. The topological polar surface area (TPSA) is 15.3 Å². The van der Waals surface area contributed by atoms with E-state index in [0.29, 0.717) is 6.04 Å². The molecule has 3 rings (SSSR count). The number of fused-ring (bicyclic) bond motifs is 1. The van der Waals surface area contributed by atoms with E-state index in [9.17, 15) is 0 Å². The molecule has 2 heteroatoms. The van der Waals surface area contributed by atoms with Gasteiger partial charge in [-0.1, -0.05) is 26.0 Å². The third kappa shape index (κ3) is 2.85. The zero-order valence-corrected chi connectivity index (χ0v) is 13.2. The minimum absolute atomic E-state index is 0.709. The number of likely N-dealkylation sites (tertiary alicyclic amines) is 1. The van der Waals surface area contributed by atoms with Crippen molar-refractivity contribution in [1.29, 1.82) is 0 Å². The summed E-state index contributed by atoms with van der Waals surface area (Å²) in [5.74, 6) is 1.65. The number of nitrogens with one attached hydrogen (secondary N) is 1. The van der Waals surface area contributed by atoms with Crippen LogP contribution < -0.4 is 5.32 Å². The number of nitrogens with zero attached hydrogens (tertiary/aromatic N) is 1. The van der Waals surface area contributed by atoms with Crippen LogP contribution in [0.3, 0.4) is 0 Å². The molecule has 0 spiro atoms. The molecule has 110 valence electrons. The molecule has 0 aliphatic carbocycles. The van der Waals surface area contributed by atoms with Crippen LogP contribution in [0.1, 0.15) is 44.7 Å². The van der Waals surface area contributed by atoms with E-state index in [1.165, 1.54) is 42.6 Å². The molecule has 0 aromatic heterocycles. The maximum Gasteiger partial charge on any atom is 0.0372 e. The highest BCUT2D eigenvalue weighted by atomic mass is 15.2. The molecule has 1 aromatic carbocycles. The second kappa shape index (κ2) is 5.77. The quantitative estimate of drug-likeness (QED) is 0.878. The van der Waals surface area contributed by atoms with Gasteiger partial charge >= 0.3 is 0 Å². The van der Waals surface area contributed by atoms with E-state index < -0.39 is 0 Å². The van der Waals surface area contributed by atoms with Crippen molar-refractivity contribution < 1.29 is 0 Å². The largest absolute Gasteiger partial charge is 0.385 e. The molecule has 3 unspecified atom stereocenters. The third-order valence-corrected chi connectivity index (χ3v) is 5.21. The summed E-state index contributed by atoms with van der Waals surface area (Å²) >= 11 is 0. The lowest BCUT2D eigenvalue weighted by molar-refractivity contribution is 0.0729. The fourth-order valence-corrected chi connectivity index (χ4v) is 3.90. The molecule has 0 amide bonds. The number of anilines is 1. The lowest BCUT2D eigenvalue weighted by atomic mass is 9.85. The molecule has 0 saturated carbocycles. The average Bonchev–Trinajstić information content (AvgIpc) is 2.44. The highest BCUT2D eigenvalue weighted by Crippen LogP contribution is 2.29. The summed E-state index contributed by atoms with van der Waals surface area (Å²) in [5.41, 5.74) is 4.36. The molecule has 2 nitrogen and oxygen atoms in total. The predicted molar refractivity (Wildman–Crippen MR) is 86.1 cm³/mol. The molecule has 20 heavy (non-hydrogen) atoms. The monoisotopic (exact) mass is 272 g/mol. The summed E-state index contributed by atoms with van der Waals surface area (Å²) in [5, 5.41) is 3.50. The molecule has 0 radical (unpaired) electrons. The van der Waals surface area contributed by atoms with Gasteiger partial charge in [0.05, 0.1) is 0 Å². The minimum Gasteiger partial charge on any atom is -0.385 e. The smallest absolute Gasteiger partial charge is 0.0372 e. The second-order valence-electron chi connectivity index (χ2n) is 7.01. The second-order valence-corrected chi connectivity index (χ2v) is 7.01. The van der Waals surface area contributed by atoms with Crippen LogP contribution in [0, 0.1) is 11.8 Å². The van der Waals surface area contributed by atoms with Gasteiger partial charge in [0, 0.05) is 31.4 Å². The molecule has 2 heterocycles. The lowest BCUT2D eigenvalue weighted by Crippen LogP contribution is -2.45. The van der Waals surface area contributed by atoms with Crippen molar-refractivity contribution in [2.45, 2.75) is 52.6 Å². The highest BCUT2D eigenvalue weighted by Gasteiger charge is 2.28. The summed E-state index contributed by atoms with van der Waals surface area (Å²) in [6, 6.07) is 7.73. The maximum absolute atomic E-state index is 3.50. The number of piperidine rings is 1. The van der Waals surface area contributed by atoms with Crippen LogP contribution in [0.15, 0.2) is 18.2 Å². The van der Waals surface area contributed by atoms with Crippen LogP contribution >= 0.6 is 0 Å². The average molecular weight is 272 g/mol. The highest BCUT2D eigenvalue weighted by molar-refractivity contribution is 5.54. The van der Waals surface area contributed by atoms with E-state index in [2.05, 4.69) is 49.2 Å². The Morgan fingerprint density at radius 3 is 2.95 bits per heavy atom. The van der Waals surface area contributed by atoms with Crippen molar-refractivity contribution in [3.8, 4) is 0 Å². The SMILES string of the molecule is CC1CC(C)C(C)N(Cc2ccc3c(c2)CCCN3)C1. The first-order valence-electron chi connectivity index (χ1n) is 8.23. The zero-order valence-electron chi connectivity index (χ0n) is 13.2. The van der Waals surface area contributed by atoms with E-state index in [0.717, 1.165) is 24.9 Å². The Morgan fingerprint density at radius 1 is 1.25 bits per heavy atom. The Labute approximate surface area is 123 Å². The van der Waals surface area contributed by atoms with Crippen LogP contribution in [0.5, 0.6) is 0 Å². The molecule has 1 saturated heterocycles. The Bertz CT molecular complexity index is 468. The van der Waals surface area contributed by atoms with E-state index in [1.807, 2.05) is 0 Å². The normalized spacial score (nSPS) is 30.6. The number of hydrogen-bond acceptors (Lipinski definition) is 2. The molecule has 2 aliphatic heterocycles. The molecule has 1 aromatic rings. The Hall–Kier alpha value is -1.02. The van der Waals surface area contributed by atoms with Crippen LogP contribution in [0.2, 0.25) is 0 Å². The standard InChI is InChI=1S/C18H28N2/c1-13-9-14(2)15(3)20(11-13)12-16-6-7-18-17(10-16)5-4-8-19-18/h6-7,10,13-15,19H,4-5,8-9,11-12H2,1-3H3. The molecule has 2 aliphatic rings. The van der Waals surface area contributed by atoms with Gasteiger partial charge in [-0.15, -0.1) is 0 Å². The van der Waals surface area contributed by atoms with Gasteiger partial charge in [-0.05, 0) is 55.2 Å². The summed E-state index contributed by atoms with van der Waals surface area (Å²) < 4.78 is 0. The zero-order chi connectivity index (χ0) is 14.1. The molecular formula is C18H28N2. The van der Waals surface area contributed by atoms with E-state index in [1.54, 1.807) is 0 Å². The predicted octanol–water partition coefficient (Wildman–Crippen LogP) is 3.91. The fraction of sp³-hybridized carbons (Fsp3) is 0.667. The van der Waals surface area contributed by atoms with Gasteiger partial charge in [0.2, 0.25) is 0 Å². The lowest BCUT2D eigenvalue weighted by Gasteiger charge is -2.41. The third-order valence-electron chi connectivity index (χ3n) is 5.21. The van der Waals surface area contributed by atoms with Crippen LogP contribution in [-0.2, 0) is 13.0 Å². The number of rotatable bonds is 2. The summed E-state index contributed by atoms with van der Waals surface area (Å²) in [6.07, 6.45) is 3.88. The molecular weight excluding hydrogens is 244 g/mol. The summed E-state index contributed by atoms with van der Waals surface area (Å²) in [6.45, 7) is 10.7. The number of benzene rings is 1. The van der Waals surface area contributed by atoms with Crippen molar-refractivity contribution in [1.82, 2.24) is 4.90 Å². The summed E-state index contributed by atoms with van der Waals surface area (Å²) in [7, 11) is 0. The first-order valence-corrected chi connectivity index (χ1v) is 8.23. The fourth-order valence-electron chi connectivity index (χ4n) is 3.90. The van der Waals surface area contributed by atoms with Crippen LogP contribution in [0.25, 0.3) is 0 Å². The summed E-state index contributed by atoms with van der Waals surface area (Å²) in [4.78, 5) is 2.68. The Kier molecular flexibility index (Phi) is 4.02. The van der Waals surface area contributed by atoms with Gasteiger partial charge in [-0.25, -0.2) is 0 Å². The van der Waals surface area contributed by atoms with Crippen molar-refractivity contribution in [2.75, 3.05) is 18.4 Å². The van der Waals surface area contributed by atoms with Gasteiger partial charge < -0.3 is 5.32 Å². The maximum atomic E-state index is 3.50. The van der Waals surface area contributed by atoms with E-state index in [-0.39, 0.29) is 0 Å². The van der Waals surface area contributed by atoms with Crippen LogP contribution in [-0.4, -0.2) is 24.0 Å². The van der Waals surface area contributed by atoms with Gasteiger partial charge in [0.25, 0.3) is 0 Å². The van der Waals surface area contributed by atoms with Gasteiger partial charge in [-0.2, -0.15) is 0 Å². The molecule has 0 bridgehead atoms. The molecule has 3 atom stereocenters. The number of aryl methyl sites for hydroxylation is 1. The van der Waals surface area contributed by atoms with Crippen molar-refractivity contribution in [2.24, 2.45) is 11.8 Å². The van der Waals surface area contributed by atoms with Crippen molar-refractivity contribution in [3.63, 3.8) is 0 Å². The van der Waals surface area contributed by atoms with Gasteiger partial charge in [0.15, 0.2) is 0 Å². The molecule has 1 fully saturated rings. The van der Waals surface area contributed by atoms with E-state index in [4.69, 9.17) is 0 Å². The molecule has 1 N–H and O–H groups in total. The van der Waals surface area contributed by atoms with E-state index >= 15 is 0 Å². The number of hydrogen-bond donors (Lipinski definition) is 1. The van der Waals surface area contributed by atoms with Crippen LogP contribution in [0.4, 0.5) is 5.69 Å². The van der Waals surface area contributed by atoms with Gasteiger partial charge in [-0.3, -0.25) is 4.90 Å².